The van der Waals surface area contributed by atoms with E-state index in [4.69, 9.17) is 16.3 Å². The van der Waals surface area contributed by atoms with Gasteiger partial charge in [-0.1, -0.05) is 78.3 Å². The summed E-state index contributed by atoms with van der Waals surface area (Å²) in [5, 5.41) is 2.72. The maximum Gasteiger partial charge on any atom is 0.316 e. The Hall–Kier alpha value is -2.65. The molecule has 3 nitrogen and oxygen atoms in total. The Morgan fingerprint density at radius 2 is 1.67 bits per heavy atom. The Kier molecular flexibility index (Phi) is 6.25. The van der Waals surface area contributed by atoms with Gasteiger partial charge in [0.25, 0.3) is 0 Å². The van der Waals surface area contributed by atoms with E-state index in [1.54, 1.807) is 0 Å². The van der Waals surface area contributed by atoms with Crippen LogP contribution in [0.3, 0.4) is 0 Å². The number of ether oxygens (including phenoxy) is 1. The van der Waals surface area contributed by atoms with Crippen LogP contribution >= 0.6 is 11.6 Å². The van der Waals surface area contributed by atoms with Gasteiger partial charge in [-0.25, -0.2) is 0 Å². The highest BCUT2D eigenvalue weighted by molar-refractivity contribution is 6.36. The number of hydrogen-bond acceptors (Lipinski definition) is 3. The number of aryl methyl sites for hydroxylation is 1. The average Bonchev–Trinajstić information content (AvgIpc) is 2.69. The molecule has 4 heteroatoms. The van der Waals surface area contributed by atoms with Crippen LogP contribution in [-0.4, -0.2) is 11.8 Å². The van der Waals surface area contributed by atoms with Crippen LogP contribution in [0, 0.1) is 5.92 Å². The third kappa shape index (κ3) is 4.75. The molecule has 0 bridgehead atoms. The van der Waals surface area contributed by atoms with Gasteiger partial charge in [0.05, 0.1) is 5.02 Å². The fraction of sp³-hybridized carbons (Fsp3) is 0.217. The highest BCUT2D eigenvalue weighted by Gasteiger charge is 2.25. The molecule has 0 fully saturated rings. The molecule has 0 aromatic heterocycles. The van der Waals surface area contributed by atoms with Crippen molar-refractivity contribution in [2.75, 3.05) is 0 Å². The number of Topliss-reactive ketones (excluding diaryl/α,β-unsaturated/α-hetero) is 1. The van der Waals surface area contributed by atoms with E-state index in [0.29, 0.717) is 17.9 Å². The molecule has 0 saturated heterocycles. The fourth-order valence-electron chi connectivity index (χ4n) is 3.09. The second-order valence-corrected chi connectivity index (χ2v) is 6.93. The number of rotatable bonds is 7. The summed E-state index contributed by atoms with van der Waals surface area (Å²) in [5.74, 6) is -1.45. The molecule has 1 atom stereocenters. The van der Waals surface area contributed by atoms with E-state index in [1.165, 1.54) is 6.92 Å². The van der Waals surface area contributed by atoms with E-state index in [2.05, 4.69) is 0 Å². The van der Waals surface area contributed by atoms with Crippen molar-refractivity contribution in [1.29, 1.82) is 0 Å². The number of carbonyl (C=O) groups excluding carboxylic acids is 2. The van der Waals surface area contributed by atoms with Crippen LogP contribution in [0.4, 0.5) is 0 Å². The molecule has 0 aliphatic rings. The van der Waals surface area contributed by atoms with Crippen molar-refractivity contribution in [3.63, 3.8) is 0 Å². The van der Waals surface area contributed by atoms with Crippen LogP contribution in [0.1, 0.15) is 24.5 Å². The zero-order valence-corrected chi connectivity index (χ0v) is 15.9. The molecule has 0 heterocycles. The minimum Gasteiger partial charge on any atom is -0.460 e. The largest absolute Gasteiger partial charge is 0.460 e. The molecule has 0 spiro atoms. The summed E-state index contributed by atoms with van der Waals surface area (Å²) in [6.45, 7) is 1.59. The second kappa shape index (κ2) is 8.83. The normalized spacial score (nSPS) is 11.9. The van der Waals surface area contributed by atoms with E-state index in [1.807, 2.05) is 66.7 Å². The van der Waals surface area contributed by atoms with Gasteiger partial charge in [0.15, 0.2) is 0 Å². The first-order chi connectivity index (χ1) is 13.1. The van der Waals surface area contributed by atoms with E-state index < -0.39 is 11.9 Å². The van der Waals surface area contributed by atoms with Crippen molar-refractivity contribution in [1.82, 2.24) is 0 Å². The Labute approximate surface area is 163 Å². The van der Waals surface area contributed by atoms with Crippen LogP contribution < -0.4 is 0 Å². The third-order valence-electron chi connectivity index (χ3n) is 4.64. The predicted octanol–water partition coefficient (Wildman–Crippen LogP) is 5.37. The summed E-state index contributed by atoms with van der Waals surface area (Å²) in [6.07, 6.45) is 0.912. The molecule has 138 valence electrons. The molecule has 27 heavy (non-hydrogen) atoms. The standard InChI is InChI=1S/C23H21ClO3/c1-16(25)20(23(26)27-15-17-7-3-2-4-8-17)14-13-19-12-11-18-9-5-6-10-21(18)22(19)24/h2-12,20H,13-15H2,1H3. The summed E-state index contributed by atoms with van der Waals surface area (Å²) in [4.78, 5) is 24.4. The minimum absolute atomic E-state index is 0.167. The van der Waals surface area contributed by atoms with Crippen LogP contribution in [0.15, 0.2) is 66.7 Å². The zero-order chi connectivity index (χ0) is 19.2. The van der Waals surface area contributed by atoms with E-state index in [0.717, 1.165) is 21.9 Å². The van der Waals surface area contributed by atoms with Gasteiger partial charge in [-0.2, -0.15) is 0 Å². The van der Waals surface area contributed by atoms with Crippen LogP contribution in [0.5, 0.6) is 0 Å². The van der Waals surface area contributed by atoms with E-state index in [9.17, 15) is 9.59 Å². The molecule has 0 radical (unpaired) electrons. The molecule has 0 amide bonds. The van der Waals surface area contributed by atoms with Gasteiger partial charge in [0.2, 0.25) is 0 Å². The first kappa shape index (κ1) is 19.1. The minimum atomic E-state index is -0.781. The van der Waals surface area contributed by atoms with Crippen LogP contribution in [0.25, 0.3) is 10.8 Å². The van der Waals surface area contributed by atoms with Crippen molar-refractivity contribution in [3.8, 4) is 0 Å². The molecular weight excluding hydrogens is 360 g/mol. The molecule has 3 rings (SSSR count). The van der Waals surface area contributed by atoms with Gasteiger partial charge < -0.3 is 4.74 Å². The van der Waals surface area contributed by atoms with Crippen LogP contribution in [-0.2, 0) is 27.4 Å². The van der Waals surface area contributed by atoms with Gasteiger partial charge in [-0.05, 0) is 36.3 Å². The van der Waals surface area contributed by atoms with Crippen molar-refractivity contribution >= 4 is 34.1 Å². The molecule has 0 aliphatic carbocycles. The number of hydrogen-bond donors (Lipinski definition) is 0. The Balaban J connectivity index is 1.67. The Bertz CT molecular complexity index is 950. The monoisotopic (exact) mass is 380 g/mol. The number of benzene rings is 3. The Morgan fingerprint density at radius 3 is 2.41 bits per heavy atom. The van der Waals surface area contributed by atoms with Crippen molar-refractivity contribution < 1.29 is 14.3 Å². The summed E-state index contributed by atoms with van der Waals surface area (Å²) in [5.41, 5.74) is 1.82. The highest BCUT2D eigenvalue weighted by atomic mass is 35.5. The number of ketones is 1. The molecule has 3 aromatic rings. The average molecular weight is 381 g/mol. The molecule has 0 saturated carbocycles. The lowest BCUT2D eigenvalue weighted by atomic mass is 9.95. The zero-order valence-electron chi connectivity index (χ0n) is 15.2. The van der Waals surface area contributed by atoms with Crippen molar-refractivity contribution in [2.45, 2.75) is 26.4 Å². The van der Waals surface area contributed by atoms with Gasteiger partial charge >= 0.3 is 5.97 Å². The Morgan fingerprint density at radius 1 is 0.963 bits per heavy atom. The molecule has 1 unspecified atom stereocenters. The molecule has 0 N–H and O–H groups in total. The number of halogens is 1. The lowest BCUT2D eigenvalue weighted by molar-refractivity contribution is -0.153. The summed E-state index contributed by atoms with van der Waals surface area (Å²) >= 11 is 6.52. The van der Waals surface area contributed by atoms with Gasteiger partial charge in [-0.15, -0.1) is 0 Å². The van der Waals surface area contributed by atoms with Crippen molar-refractivity contribution in [3.05, 3.63) is 82.9 Å². The topological polar surface area (TPSA) is 43.4 Å². The maximum absolute atomic E-state index is 12.4. The first-order valence-electron chi connectivity index (χ1n) is 8.93. The van der Waals surface area contributed by atoms with E-state index >= 15 is 0 Å². The van der Waals surface area contributed by atoms with Gasteiger partial charge in [-0.3, -0.25) is 9.59 Å². The summed E-state index contributed by atoms with van der Waals surface area (Å²) < 4.78 is 5.35. The van der Waals surface area contributed by atoms with Gasteiger partial charge in [0.1, 0.15) is 18.3 Å². The maximum atomic E-state index is 12.4. The summed E-state index contributed by atoms with van der Waals surface area (Å²) in [6, 6.07) is 21.3. The highest BCUT2D eigenvalue weighted by Crippen LogP contribution is 2.29. The SMILES string of the molecule is CC(=O)C(CCc1ccc2ccccc2c1Cl)C(=O)OCc1ccccc1. The number of esters is 1. The van der Waals surface area contributed by atoms with E-state index in [-0.39, 0.29) is 12.4 Å². The molecule has 3 aromatic carbocycles. The van der Waals surface area contributed by atoms with Gasteiger partial charge in [0, 0.05) is 5.39 Å². The smallest absolute Gasteiger partial charge is 0.316 e. The van der Waals surface area contributed by atoms with Crippen LogP contribution in [0.2, 0.25) is 5.02 Å². The summed E-state index contributed by atoms with van der Waals surface area (Å²) in [7, 11) is 0. The predicted molar refractivity (Wildman–Crippen MR) is 108 cm³/mol. The fourth-order valence-corrected chi connectivity index (χ4v) is 3.42. The quantitative estimate of drug-likeness (QED) is 0.408. The lowest BCUT2D eigenvalue weighted by Crippen LogP contribution is -2.25. The lowest BCUT2D eigenvalue weighted by Gasteiger charge is -2.14. The second-order valence-electron chi connectivity index (χ2n) is 6.56. The third-order valence-corrected chi connectivity index (χ3v) is 5.09. The molecule has 0 aliphatic heterocycles. The number of carbonyl (C=O) groups is 2. The molecular formula is C23H21ClO3. The first-order valence-corrected chi connectivity index (χ1v) is 9.31. The number of fused-ring (bicyclic) bond motifs is 1. The van der Waals surface area contributed by atoms with Crippen molar-refractivity contribution in [2.24, 2.45) is 5.92 Å².